The summed E-state index contributed by atoms with van der Waals surface area (Å²) in [7, 11) is 0. The molecule has 1 atom stereocenters. The predicted octanol–water partition coefficient (Wildman–Crippen LogP) is 1.15. The summed E-state index contributed by atoms with van der Waals surface area (Å²) in [6, 6.07) is 8.14. The highest BCUT2D eigenvalue weighted by atomic mass is 16.1. The van der Waals surface area contributed by atoms with Crippen molar-refractivity contribution in [1.29, 1.82) is 0 Å². The fourth-order valence-corrected chi connectivity index (χ4v) is 1.82. The molecular formula is C11H14N2O. The van der Waals surface area contributed by atoms with E-state index in [1.165, 1.54) is 5.56 Å². The van der Waals surface area contributed by atoms with Gasteiger partial charge in [0.25, 0.3) is 0 Å². The number of carbonyl (C=O) groups excluding carboxylic acids is 1. The van der Waals surface area contributed by atoms with Gasteiger partial charge in [0.05, 0.1) is 5.92 Å². The molecule has 0 bridgehead atoms. The van der Waals surface area contributed by atoms with Gasteiger partial charge in [0.1, 0.15) is 0 Å². The summed E-state index contributed by atoms with van der Waals surface area (Å²) in [6.45, 7) is 0.659. The maximum Gasteiger partial charge on any atom is 0.222 e. The van der Waals surface area contributed by atoms with Crippen molar-refractivity contribution in [3.05, 3.63) is 29.8 Å². The lowest BCUT2D eigenvalue weighted by Crippen LogP contribution is -2.28. The smallest absolute Gasteiger partial charge is 0.222 e. The lowest BCUT2D eigenvalue weighted by molar-refractivity contribution is -0.121. The summed E-state index contributed by atoms with van der Waals surface area (Å²) in [6.07, 6.45) is 1.77. The average molecular weight is 190 g/mol. The van der Waals surface area contributed by atoms with Crippen molar-refractivity contribution in [3.8, 4) is 0 Å². The van der Waals surface area contributed by atoms with Crippen LogP contribution in [0.25, 0.3) is 0 Å². The highest BCUT2D eigenvalue weighted by Crippen LogP contribution is 2.22. The Morgan fingerprint density at radius 2 is 2.21 bits per heavy atom. The molecule has 1 aliphatic heterocycles. The maximum atomic E-state index is 11.0. The summed E-state index contributed by atoms with van der Waals surface area (Å²) >= 11 is 0. The molecule has 0 saturated carbocycles. The Morgan fingerprint density at radius 3 is 3.00 bits per heavy atom. The minimum absolute atomic E-state index is 0.0394. The minimum Gasteiger partial charge on any atom is -0.384 e. The predicted molar refractivity (Wildman–Crippen MR) is 55.9 cm³/mol. The number of benzene rings is 1. The normalized spacial score (nSPS) is 20.4. The molecule has 3 N–H and O–H groups in total. The standard InChI is InChI=1S/C11H14N2O/c12-11(14)9-6-5-8-3-1-2-4-10(8)13-7-9/h1-4,9,13H,5-7H2,(H2,12,14). The maximum absolute atomic E-state index is 11.0. The van der Waals surface area contributed by atoms with Crippen molar-refractivity contribution in [2.45, 2.75) is 12.8 Å². The van der Waals surface area contributed by atoms with E-state index in [0.29, 0.717) is 6.54 Å². The molecule has 1 heterocycles. The van der Waals surface area contributed by atoms with Crippen LogP contribution in [0.3, 0.4) is 0 Å². The van der Waals surface area contributed by atoms with Gasteiger partial charge in [0.15, 0.2) is 0 Å². The van der Waals surface area contributed by atoms with Crippen LogP contribution in [0.4, 0.5) is 5.69 Å². The molecule has 3 heteroatoms. The fraction of sp³-hybridized carbons (Fsp3) is 0.364. The molecule has 1 aromatic rings. The highest BCUT2D eigenvalue weighted by Gasteiger charge is 2.19. The number of anilines is 1. The zero-order valence-corrected chi connectivity index (χ0v) is 7.99. The second-order valence-electron chi connectivity index (χ2n) is 3.68. The first kappa shape index (κ1) is 9.06. The van der Waals surface area contributed by atoms with Gasteiger partial charge in [-0.1, -0.05) is 18.2 Å². The molecule has 1 amide bonds. The SMILES string of the molecule is NC(=O)C1CCc2ccccc2NC1. The molecule has 14 heavy (non-hydrogen) atoms. The molecule has 0 spiro atoms. The second-order valence-corrected chi connectivity index (χ2v) is 3.68. The lowest BCUT2D eigenvalue weighted by atomic mass is 10.0. The Labute approximate surface area is 83.3 Å². The zero-order chi connectivity index (χ0) is 9.97. The number of para-hydroxylation sites is 1. The summed E-state index contributed by atoms with van der Waals surface area (Å²) in [5.41, 5.74) is 7.70. The van der Waals surface area contributed by atoms with Crippen molar-refractivity contribution in [3.63, 3.8) is 0 Å². The van der Waals surface area contributed by atoms with Crippen LogP contribution in [-0.2, 0) is 11.2 Å². The van der Waals surface area contributed by atoms with Crippen LogP contribution in [-0.4, -0.2) is 12.5 Å². The number of rotatable bonds is 1. The number of aryl methyl sites for hydroxylation is 1. The molecule has 2 rings (SSSR count). The molecule has 3 nitrogen and oxygen atoms in total. The van der Waals surface area contributed by atoms with Crippen LogP contribution in [0, 0.1) is 5.92 Å². The van der Waals surface area contributed by atoms with Gasteiger partial charge in [0, 0.05) is 12.2 Å². The molecular weight excluding hydrogens is 176 g/mol. The third-order valence-corrected chi connectivity index (χ3v) is 2.72. The Bertz CT molecular complexity index is 322. The van der Waals surface area contributed by atoms with E-state index in [9.17, 15) is 4.79 Å². The molecule has 1 unspecified atom stereocenters. The van der Waals surface area contributed by atoms with Crippen molar-refractivity contribution in [2.24, 2.45) is 11.7 Å². The zero-order valence-electron chi connectivity index (χ0n) is 7.99. The van der Waals surface area contributed by atoms with Gasteiger partial charge in [0.2, 0.25) is 5.91 Å². The molecule has 1 aliphatic rings. The summed E-state index contributed by atoms with van der Waals surface area (Å²) in [5, 5.41) is 3.26. The van der Waals surface area contributed by atoms with Gasteiger partial charge >= 0.3 is 0 Å². The minimum atomic E-state index is -0.203. The number of primary amides is 1. The summed E-state index contributed by atoms with van der Waals surface area (Å²) in [4.78, 5) is 11.0. The van der Waals surface area contributed by atoms with Crippen molar-refractivity contribution >= 4 is 11.6 Å². The van der Waals surface area contributed by atoms with Crippen LogP contribution in [0.5, 0.6) is 0 Å². The van der Waals surface area contributed by atoms with Gasteiger partial charge in [-0.2, -0.15) is 0 Å². The molecule has 0 radical (unpaired) electrons. The van der Waals surface area contributed by atoms with Crippen molar-refractivity contribution in [2.75, 3.05) is 11.9 Å². The largest absolute Gasteiger partial charge is 0.384 e. The highest BCUT2D eigenvalue weighted by molar-refractivity contribution is 5.77. The number of fused-ring (bicyclic) bond motifs is 1. The number of hydrogen-bond acceptors (Lipinski definition) is 2. The van der Waals surface area contributed by atoms with E-state index in [-0.39, 0.29) is 11.8 Å². The van der Waals surface area contributed by atoms with Gasteiger partial charge < -0.3 is 11.1 Å². The Morgan fingerprint density at radius 1 is 1.43 bits per heavy atom. The first-order chi connectivity index (χ1) is 6.77. The van der Waals surface area contributed by atoms with Gasteiger partial charge in [-0.15, -0.1) is 0 Å². The van der Waals surface area contributed by atoms with Crippen LogP contribution in [0.15, 0.2) is 24.3 Å². The molecule has 0 aromatic heterocycles. The third-order valence-electron chi connectivity index (χ3n) is 2.72. The van der Waals surface area contributed by atoms with Gasteiger partial charge in [-0.25, -0.2) is 0 Å². The van der Waals surface area contributed by atoms with Crippen LogP contribution in [0.1, 0.15) is 12.0 Å². The number of nitrogens with two attached hydrogens (primary N) is 1. The Hall–Kier alpha value is -1.51. The van der Waals surface area contributed by atoms with E-state index >= 15 is 0 Å². The average Bonchev–Trinajstić information content (AvgIpc) is 2.39. The van der Waals surface area contributed by atoms with Gasteiger partial charge in [-0.3, -0.25) is 4.79 Å². The number of hydrogen-bond donors (Lipinski definition) is 2. The first-order valence-corrected chi connectivity index (χ1v) is 4.88. The Kier molecular flexibility index (Phi) is 2.39. The van der Waals surface area contributed by atoms with Gasteiger partial charge in [-0.05, 0) is 24.5 Å². The monoisotopic (exact) mass is 190 g/mol. The van der Waals surface area contributed by atoms with E-state index in [2.05, 4.69) is 11.4 Å². The Balaban J connectivity index is 2.18. The van der Waals surface area contributed by atoms with Crippen LogP contribution < -0.4 is 11.1 Å². The lowest BCUT2D eigenvalue weighted by Gasteiger charge is -2.09. The summed E-state index contributed by atoms with van der Waals surface area (Å²) in [5.74, 6) is -0.243. The second kappa shape index (κ2) is 3.70. The number of nitrogens with one attached hydrogen (secondary N) is 1. The number of carbonyl (C=O) groups is 1. The molecule has 1 aromatic carbocycles. The molecule has 0 fully saturated rings. The molecule has 74 valence electrons. The van der Waals surface area contributed by atoms with Crippen LogP contribution >= 0.6 is 0 Å². The summed E-state index contributed by atoms with van der Waals surface area (Å²) < 4.78 is 0. The van der Waals surface area contributed by atoms with E-state index in [0.717, 1.165) is 18.5 Å². The first-order valence-electron chi connectivity index (χ1n) is 4.88. The topological polar surface area (TPSA) is 55.1 Å². The van der Waals surface area contributed by atoms with E-state index < -0.39 is 0 Å². The third kappa shape index (κ3) is 1.71. The van der Waals surface area contributed by atoms with E-state index in [1.54, 1.807) is 0 Å². The van der Waals surface area contributed by atoms with E-state index in [1.807, 2.05) is 18.2 Å². The van der Waals surface area contributed by atoms with E-state index in [4.69, 9.17) is 5.73 Å². The van der Waals surface area contributed by atoms with Crippen molar-refractivity contribution < 1.29 is 4.79 Å². The quantitative estimate of drug-likeness (QED) is 0.698. The molecule has 0 saturated heterocycles. The van der Waals surface area contributed by atoms with Crippen molar-refractivity contribution in [1.82, 2.24) is 0 Å². The van der Waals surface area contributed by atoms with Crippen LogP contribution in [0.2, 0.25) is 0 Å². The molecule has 0 aliphatic carbocycles. The number of amides is 1. The fourth-order valence-electron chi connectivity index (χ4n) is 1.82.